The van der Waals surface area contributed by atoms with E-state index >= 15 is 0 Å². The number of hydrogen-bond donors (Lipinski definition) is 1. The second kappa shape index (κ2) is 6.15. The fourth-order valence-corrected chi connectivity index (χ4v) is 3.55. The van der Waals surface area contributed by atoms with Crippen LogP contribution in [0.2, 0.25) is 0 Å². The van der Waals surface area contributed by atoms with Crippen molar-refractivity contribution in [1.29, 1.82) is 0 Å². The molecule has 2 amide bonds. The van der Waals surface area contributed by atoms with Gasteiger partial charge in [0.25, 0.3) is 5.91 Å². The topological polar surface area (TPSA) is 62.6 Å². The SMILES string of the molecule is CCC1(CNC(=O)[C@H]2CCCN2C(=O)c2ccco2)CCC1. The lowest BCUT2D eigenvalue weighted by molar-refractivity contribution is -0.125. The van der Waals surface area contributed by atoms with Crippen LogP contribution in [-0.4, -0.2) is 35.8 Å². The summed E-state index contributed by atoms with van der Waals surface area (Å²) in [7, 11) is 0. The van der Waals surface area contributed by atoms with Crippen molar-refractivity contribution in [3.05, 3.63) is 24.2 Å². The molecule has 1 aromatic heterocycles. The van der Waals surface area contributed by atoms with E-state index in [0.717, 1.165) is 25.8 Å². The number of hydrogen-bond acceptors (Lipinski definition) is 3. The van der Waals surface area contributed by atoms with Crippen LogP contribution in [-0.2, 0) is 4.79 Å². The van der Waals surface area contributed by atoms with Crippen LogP contribution >= 0.6 is 0 Å². The Bertz CT molecular complexity index is 529. The maximum atomic E-state index is 12.5. The molecule has 2 fully saturated rings. The number of carbonyl (C=O) groups excluding carboxylic acids is 2. The highest BCUT2D eigenvalue weighted by atomic mass is 16.3. The molecule has 1 atom stereocenters. The molecule has 0 bridgehead atoms. The summed E-state index contributed by atoms with van der Waals surface area (Å²) < 4.78 is 5.17. The van der Waals surface area contributed by atoms with Gasteiger partial charge in [0, 0.05) is 13.1 Å². The van der Waals surface area contributed by atoms with Gasteiger partial charge in [0.2, 0.25) is 5.91 Å². The van der Waals surface area contributed by atoms with Gasteiger partial charge in [-0.15, -0.1) is 0 Å². The van der Waals surface area contributed by atoms with Crippen molar-refractivity contribution in [2.75, 3.05) is 13.1 Å². The Morgan fingerprint density at radius 2 is 2.23 bits per heavy atom. The second-order valence-corrected chi connectivity index (χ2v) is 6.56. The maximum Gasteiger partial charge on any atom is 0.290 e. The molecule has 1 aromatic rings. The zero-order valence-electron chi connectivity index (χ0n) is 13.1. The predicted octanol–water partition coefficient (Wildman–Crippen LogP) is 2.58. The molecule has 2 heterocycles. The van der Waals surface area contributed by atoms with Gasteiger partial charge in [-0.3, -0.25) is 9.59 Å². The number of amides is 2. The molecule has 1 N–H and O–H groups in total. The van der Waals surface area contributed by atoms with E-state index in [2.05, 4.69) is 12.2 Å². The Kier molecular flexibility index (Phi) is 4.23. The average molecular weight is 304 g/mol. The Labute approximate surface area is 131 Å². The van der Waals surface area contributed by atoms with Crippen molar-refractivity contribution in [2.45, 2.75) is 51.5 Å². The number of carbonyl (C=O) groups is 2. The third-order valence-electron chi connectivity index (χ3n) is 5.35. The van der Waals surface area contributed by atoms with Gasteiger partial charge in [-0.2, -0.15) is 0 Å². The fraction of sp³-hybridized carbons (Fsp3) is 0.647. The Morgan fingerprint density at radius 3 is 2.82 bits per heavy atom. The molecule has 0 radical (unpaired) electrons. The summed E-state index contributed by atoms with van der Waals surface area (Å²) in [5, 5.41) is 3.09. The maximum absolute atomic E-state index is 12.5. The first-order valence-electron chi connectivity index (χ1n) is 8.27. The zero-order chi connectivity index (χ0) is 15.6. The normalized spacial score (nSPS) is 23.1. The van der Waals surface area contributed by atoms with Crippen molar-refractivity contribution in [3.63, 3.8) is 0 Å². The minimum absolute atomic E-state index is 0.0165. The van der Waals surface area contributed by atoms with Gasteiger partial charge in [0.1, 0.15) is 6.04 Å². The van der Waals surface area contributed by atoms with Crippen molar-refractivity contribution in [3.8, 4) is 0 Å². The summed E-state index contributed by atoms with van der Waals surface area (Å²) in [5.74, 6) is 0.109. The summed E-state index contributed by atoms with van der Waals surface area (Å²) in [4.78, 5) is 26.5. The van der Waals surface area contributed by atoms with Crippen LogP contribution in [0.5, 0.6) is 0 Å². The average Bonchev–Trinajstić information content (AvgIpc) is 3.17. The molecule has 3 rings (SSSR count). The summed E-state index contributed by atoms with van der Waals surface area (Å²) in [5.41, 5.74) is 0.296. The largest absolute Gasteiger partial charge is 0.459 e. The molecule has 5 nitrogen and oxygen atoms in total. The van der Waals surface area contributed by atoms with Crippen LogP contribution in [0, 0.1) is 5.41 Å². The quantitative estimate of drug-likeness (QED) is 0.909. The molecule has 0 unspecified atom stereocenters. The van der Waals surface area contributed by atoms with Crippen LogP contribution in [0.15, 0.2) is 22.8 Å². The monoisotopic (exact) mass is 304 g/mol. The highest BCUT2D eigenvalue weighted by molar-refractivity contribution is 5.95. The van der Waals surface area contributed by atoms with Gasteiger partial charge in [0.05, 0.1) is 6.26 Å². The smallest absolute Gasteiger partial charge is 0.290 e. The van der Waals surface area contributed by atoms with Gasteiger partial charge >= 0.3 is 0 Å². The summed E-state index contributed by atoms with van der Waals surface area (Å²) in [6.07, 6.45) is 7.84. The van der Waals surface area contributed by atoms with Crippen LogP contribution < -0.4 is 5.32 Å². The van der Waals surface area contributed by atoms with Crippen molar-refractivity contribution in [1.82, 2.24) is 10.2 Å². The van der Waals surface area contributed by atoms with E-state index in [-0.39, 0.29) is 17.9 Å². The lowest BCUT2D eigenvalue weighted by Crippen LogP contribution is -2.49. The lowest BCUT2D eigenvalue weighted by Gasteiger charge is -2.41. The molecule has 2 aliphatic rings. The standard InChI is InChI=1S/C17H24N2O3/c1-2-17(8-5-9-17)12-18-15(20)13-6-3-10-19(13)16(21)14-7-4-11-22-14/h4,7,11,13H,2-3,5-6,8-10,12H2,1H3,(H,18,20)/t13-/m1/s1. The number of likely N-dealkylation sites (tertiary alicyclic amines) is 1. The molecule has 5 heteroatoms. The Hall–Kier alpha value is -1.78. The van der Waals surface area contributed by atoms with Gasteiger partial charge < -0.3 is 14.6 Å². The first kappa shape index (κ1) is 15.1. The third-order valence-corrected chi connectivity index (χ3v) is 5.35. The van der Waals surface area contributed by atoms with Crippen LogP contribution in [0.4, 0.5) is 0 Å². The first-order chi connectivity index (χ1) is 10.7. The molecule has 1 aliphatic carbocycles. The third kappa shape index (κ3) is 2.76. The lowest BCUT2D eigenvalue weighted by atomic mass is 9.67. The summed E-state index contributed by atoms with van der Waals surface area (Å²) >= 11 is 0. The molecular formula is C17H24N2O3. The predicted molar refractivity (Wildman–Crippen MR) is 82.4 cm³/mol. The number of nitrogens with zero attached hydrogens (tertiary/aromatic N) is 1. The molecule has 1 saturated heterocycles. The molecule has 0 aromatic carbocycles. The minimum Gasteiger partial charge on any atom is -0.459 e. The fourth-order valence-electron chi connectivity index (χ4n) is 3.55. The molecule has 120 valence electrons. The highest BCUT2D eigenvalue weighted by Crippen LogP contribution is 2.43. The molecule has 1 saturated carbocycles. The number of furan rings is 1. The first-order valence-corrected chi connectivity index (χ1v) is 8.27. The van der Waals surface area contributed by atoms with Gasteiger partial charge in [-0.05, 0) is 49.7 Å². The van der Waals surface area contributed by atoms with E-state index in [1.54, 1.807) is 17.0 Å². The van der Waals surface area contributed by atoms with Crippen LogP contribution in [0.1, 0.15) is 56.0 Å². The molecule has 22 heavy (non-hydrogen) atoms. The van der Waals surface area contributed by atoms with Gasteiger partial charge in [-0.25, -0.2) is 0 Å². The zero-order valence-corrected chi connectivity index (χ0v) is 13.1. The van der Waals surface area contributed by atoms with E-state index in [4.69, 9.17) is 4.42 Å². The van der Waals surface area contributed by atoms with Crippen molar-refractivity contribution in [2.24, 2.45) is 5.41 Å². The van der Waals surface area contributed by atoms with E-state index in [0.29, 0.717) is 17.7 Å². The van der Waals surface area contributed by atoms with E-state index in [1.807, 2.05) is 0 Å². The second-order valence-electron chi connectivity index (χ2n) is 6.56. The Morgan fingerprint density at radius 1 is 1.41 bits per heavy atom. The molecular weight excluding hydrogens is 280 g/mol. The Balaban J connectivity index is 1.60. The number of rotatable bonds is 5. The molecule has 0 spiro atoms. The van der Waals surface area contributed by atoms with Crippen molar-refractivity contribution < 1.29 is 14.0 Å². The van der Waals surface area contributed by atoms with Gasteiger partial charge in [0.15, 0.2) is 5.76 Å². The van der Waals surface area contributed by atoms with E-state index in [1.165, 1.54) is 25.5 Å². The summed E-state index contributed by atoms with van der Waals surface area (Å²) in [6.45, 7) is 3.55. The minimum atomic E-state index is -0.355. The highest BCUT2D eigenvalue weighted by Gasteiger charge is 2.38. The van der Waals surface area contributed by atoms with E-state index in [9.17, 15) is 9.59 Å². The molecule has 1 aliphatic heterocycles. The summed E-state index contributed by atoms with van der Waals surface area (Å²) in [6, 6.07) is 2.99. The van der Waals surface area contributed by atoms with Crippen LogP contribution in [0.3, 0.4) is 0 Å². The van der Waals surface area contributed by atoms with E-state index < -0.39 is 0 Å². The van der Waals surface area contributed by atoms with Gasteiger partial charge in [-0.1, -0.05) is 13.3 Å². The van der Waals surface area contributed by atoms with Crippen LogP contribution in [0.25, 0.3) is 0 Å². The van der Waals surface area contributed by atoms with Crippen molar-refractivity contribution >= 4 is 11.8 Å². The number of nitrogens with one attached hydrogen (secondary N) is 1.